The second-order valence-electron chi connectivity index (χ2n) is 4.02. The van der Waals surface area contributed by atoms with Gasteiger partial charge in [-0.1, -0.05) is 11.6 Å². The molecule has 1 N–H and O–H groups in total. The molecule has 6 nitrogen and oxygen atoms in total. The highest BCUT2D eigenvalue weighted by Crippen LogP contribution is 2.21. The zero-order valence-electron chi connectivity index (χ0n) is 10.7. The first kappa shape index (κ1) is 12.7. The van der Waals surface area contributed by atoms with Crippen LogP contribution in [0.25, 0.3) is 5.78 Å². The minimum atomic E-state index is 0.360. The molecule has 0 unspecified atom stereocenters. The number of benzene rings is 1. The topological polar surface area (TPSA) is 64.3 Å². The second kappa shape index (κ2) is 5.34. The van der Waals surface area contributed by atoms with Gasteiger partial charge in [0.15, 0.2) is 0 Å². The fourth-order valence-corrected chi connectivity index (χ4v) is 2.00. The fraction of sp³-hybridized carbons (Fsp3) is 0.154. The van der Waals surface area contributed by atoms with E-state index in [1.807, 2.05) is 31.2 Å². The number of aromatic nitrogens is 4. The average Bonchev–Trinajstić information content (AvgIpc) is 2.89. The normalized spacial score (nSPS) is 10.7. The van der Waals surface area contributed by atoms with Gasteiger partial charge in [0, 0.05) is 11.8 Å². The highest BCUT2D eigenvalue weighted by molar-refractivity contribution is 6.29. The molecular weight excluding hydrogens is 278 g/mol. The first-order valence-electron chi connectivity index (χ1n) is 6.12. The van der Waals surface area contributed by atoms with Gasteiger partial charge < -0.3 is 10.1 Å². The monoisotopic (exact) mass is 289 g/mol. The van der Waals surface area contributed by atoms with Crippen LogP contribution in [0.4, 0.5) is 11.5 Å². The molecule has 0 atom stereocenters. The van der Waals surface area contributed by atoms with Crippen LogP contribution in [0.15, 0.2) is 36.7 Å². The van der Waals surface area contributed by atoms with Crippen molar-refractivity contribution in [3.8, 4) is 5.75 Å². The molecule has 0 saturated carbocycles. The van der Waals surface area contributed by atoms with Gasteiger partial charge in [-0.25, -0.2) is 0 Å². The van der Waals surface area contributed by atoms with Crippen molar-refractivity contribution in [3.63, 3.8) is 0 Å². The summed E-state index contributed by atoms with van der Waals surface area (Å²) >= 11 is 5.96. The summed E-state index contributed by atoms with van der Waals surface area (Å²) in [6.07, 6.45) is 1.43. The molecule has 0 aliphatic carbocycles. The van der Waals surface area contributed by atoms with Crippen LogP contribution in [-0.2, 0) is 0 Å². The smallest absolute Gasteiger partial charge is 0.255 e. The van der Waals surface area contributed by atoms with Gasteiger partial charge in [-0.2, -0.15) is 19.6 Å². The molecule has 3 rings (SSSR count). The molecule has 1 aromatic carbocycles. The van der Waals surface area contributed by atoms with Gasteiger partial charge in [0.2, 0.25) is 0 Å². The number of hydrogen-bond donors (Lipinski definition) is 1. The van der Waals surface area contributed by atoms with Gasteiger partial charge in [-0.3, -0.25) is 0 Å². The van der Waals surface area contributed by atoms with Crippen LogP contribution in [0.1, 0.15) is 6.92 Å². The lowest BCUT2D eigenvalue weighted by Crippen LogP contribution is -2.01. The third-order valence-electron chi connectivity index (χ3n) is 2.66. The SMILES string of the molecule is CCOc1ccc(Nc2cc(Cl)nc3ncnn23)cc1. The zero-order chi connectivity index (χ0) is 13.9. The van der Waals surface area contributed by atoms with Gasteiger partial charge in [0.05, 0.1) is 6.61 Å². The Morgan fingerprint density at radius 1 is 1.30 bits per heavy atom. The highest BCUT2D eigenvalue weighted by Gasteiger charge is 2.06. The van der Waals surface area contributed by atoms with Crippen LogP contribution in [-0.4, -0.2) is 26.2 Å². The number of nitrogens with zero attached hydrogens (tertiary/aromatic N) is 4. The van der Waals surface area contributed by atoms with E-state index >= 15 is 0 Å². The number of nitrogens with one attached hydrogen (secondary N) is 1. The Balaban J connectivity index is 1.90. The first-order chi connectivity index (χ1) is 9.76. The fourth-order valence-electron chi connectivity index (χ4n) is 1.82. The number of hydrogen-bond acceptors (Lipinski definition) is 5. The van der Waals surface area contributed by atoms with E-state index in [1.54, 1.807) is 10.6 Å². The van der Waals surface area contributed by atoms with Gasteiger partial charge in [-0.05, 0) is 31.2 Å². The Morgan fingerprint density at radius 2 is 2.10 bits per heavy atom. The summed E-state index contributed by atoms with van der Waals surface area (Å²) in [7, 11) is 0. The van der Waals surface area contributed by atoms with E-state index in [2.05, 4.69) is 20.4 Å². The van der Waals surface area contributed by atoms with Gasteiger partial charge in [-0.15, -0.1) is 0 Å². The molecule has 0 aliphatic rings. The average molecular weight is 290 g/mol. The van der Waals surface area contributed by atoms with E-state index in [9.17, 15) is 0 Å². The lowest BCUT2D eigenvalue weighted by molar-refractivity contribution is 0.340. The summed E-state index contributed by atoms with van der Waals surface area (Å²) in [6, 6.07) is 9.32. The van der Waals surface area contributed by atoms with Crippen LogP contribution in [0.2, 0.25) is 5.15 Å². The van der Waals surface area contributed by atoms with Crippen LogP contribution >= 0.6 is 11.6 Å². The molecule has 102 valence electrons. The quantitative estimate of drug-likeness (QED) is 0.748. The molecule has 0 spiro atoms. The molecule has 0 amide bonds. The number of rotatable bonds is 4. The molecule has 0 radical (unpaired) electrons. The molecule has 0 aliphatic heterocycles. The van der Waals surface area contributed by atoms with Gasteiger partial charge in [0.25, 0.3) is 5.78 Å². The lowest BCUT2D eigenvalue weighted by atomic mass is 10.3. The van der Waals surface area contributed by atoms with Crippen LogP contribution in [0, 0.1) is 0 Å². The number of halogens is 1. The minimum Gasteiger partial charge on any atom is -0.494 e. The van der Waals surface area contributed by atoms with Gasteiger partial charge >= 0.3 is 0 Å². The van der Waals surface area contributed by atoms with E-state index in [4.69, 9.17) is 16.3 Å². The third-order valence-corrected chi connectivity index (χ3v) is 2.85. The first-order valence-corrected chi connectivity index (χ1v) is 6.50. The third kappa shape index (κ3) is 2.50. The van der Waals surface area contributed by atoms with Crippen molar-refractivity contribution in [1.82, 2.24) is 19.6 Å². The van der Waals surface area contributed by atoms with E-state index in [1.165, 1.54) is 6.33 Å². The van der Waals surface area contributed by atoms with Crippen molar-refractivity contribution < 1.29 is 4.74 Å². The summed E-state index contributed by atoms with van der Waals surface area (Å²) in [4.78, 5) is 8.09. The van der Waals surface area contributed by atoms with Crippen LogP contribution in [0.3, 0.4) is 0 Å². The minimum absolute atomic E-state index is 0.360. The van der Waals surface area contributed by atoms with Crippen molar-refractivity contribution in [2.45, 2.75) is 6.92 Å². The van der Waals surface area contributed by atoms with Crippen molar-refractivity contribution in [1.29, 1.82) is 0 Å². The summed E-state index contributed by atoms with van der Waals surface area (Å²) < 4.78 is 6.99. The van der Waals surface area contributed by atoms with Crippen molar-refractivity contribution in [3.05, 3.63) is 41.8 Å². The predicted molar refractivity (Wildman–Crippen MR) is 76.7 cm³/mol. The molecule has 2 heterocycles. The van der Waals surface area contributed by atoms with Gasteiger partial charge in [0.1, 0.15) is 23.0 Å². The molecule has 0 bridgehead atoms. The summed E-state index contributed by atoms with van der Waals surface area (Å²) in [6.45, 7) is 2.60. The molecular formula is C13H12ClN5O. The van der Waals surface area contributed by atoms with Crippen molar-refractivity contribution in [2.24, 2.45) is 0 Å². The standard InChI is InChI=1S/C13H12ClN5O/c1-2-20-10-5-3-9(4-6-10)17-12-7-11(14)18-13-15-8-16-19(12)13/h3-8,17H,2H2,1H3. The Kier molecular flexibility index (Phi) is 3.39. The predicted octanol–water partition coefficient (Wildman–Crippen LogP) is 2.92. The largest absolute Gasteiger partial charge is 0.494 e. The van der Waals surface area contributed by atoms with Crippen LogP contribution < -0.4 is 10.1 Å². The number of anilines is 2. The molecule has 7 heteroatoms. The maximum atomic E-state index is 5.96. The Labute approximate surface area is 120 Å². The van der Waals surface area contributed by atoms with Crippen molar-refractivity contribution in [2.75, 3.05) is 11.9 Å². The molecule has 3 aromatic rings. The van der Waals surface area contributed by atoms with E-state index < -0.39 is 0 Å². The Hall–Kier alpha value is -2.34. The van der Waals surface area contributed by atoms with Crippen molar-refractivity contribution >= 4 is 28.9 Å². The molecule has 0 saturated heterocycles. The highest BCUT2D eigenvalue weighted by atomic mass is 35.5. The lowest BCUT2D eigenvalue weighted by Gasteiger charge is -2.09. The van der Waals surface area contributed by atoms with E-state index in [0.29, 0.717) is 23.4 Å². The maximum absolute atomic E-state index is 5.96. The number of fused-ring (bicyclic) bond motifs is 1. The van der Waals surface area contributed by atoms with E-state index in [-0.39, 0.29) is 0 Å². The zero-order valence-corrected chi connectivity index (χ0v) is 11.5. The summed E-state index contributed by atoms with van der Waals surface area (Å²) in [5.74, 6) is 1.98. The maximum Gasteiger partial charge on any atom is 0.255 e. The second-order valence-corrected chi connectivity index (χ2v) is 4.41. The molecule has 0 fully saturated rings. The summed E-state index contributed by atoms with van der Waals surface area (Å²) in [5.41, 5.74) is 0.896. The van der Waals surface area contributed by atoms with Crippen LogP contribution in [0.5, 0.6) is 5.75 Å². The Morgan fingerprint density at radius 3 is 2.85 bits per heavy atom. The Bertz CT molecular complexity index is 725. The molecule has 2 aromatic heterocycles. The summed E-state index contributed by atoms with van der Waals surface area (Å²) in [5, 5.41) is 7.68. The molecule has 20 heavy (non-hydrogen) atoms. The van der Waals surface area contributed by atoms with E-state index in [0.717, 1.165) is 11.4 Å². The number of ether oxygens (including phenoxy) is 1.